The second-order valence-electron chi connectivity index (χ2n) is 3.90. The third-order valence-electron chi connectivity index (χ3n) is 2.58. The number of rotatable bonds is 3. The van der Waals surface area contributed by atoms with Gasteiger partial charge in [0.1, 0.15) is 0 Å². The summed E-state index contributed by atoms with van der Waals surface area (Å²) in [5, 5.41) is 13.3. The molecule has 2 aromatic carbocycles. The molecule has 96 valence electrons. The highest BCUT2D eigenvalue weighted by molar-refractivity contribution is 9.10. The third-order valence-corrected chi connectivity index (χ3v) is 3.83. The van der Waals surface area contributed by atoms with Gasteiger partial charge in [-0.2, -0.15) is 5.26 Å². The number of anilines is 1. The van der Waals surface area contributed by atoms with Crippen LogP contribution in [-0.4, -0.2) is 0 Å². The average molecular weight is 356 g/mol. The van der Waals surface area contributed by atoms with E-state index in [0.29, 0.717) is 22.2 Å². The van der Waals surface area contributed by atoms with Gasteiger partial charge in [0.05, 0.1) is 11.6 Å². The summed E-state index contributed by atoms with van der Waals surface area (Å²) in [7, 11) is 0. The molecule has 0 saturated heterocycles. The Balaban J connectivity index is 2.13. The van der Waals surface area contributed by atoms with E-state index in [0.717, 1.165) is 15.7 Å². The summed E-state index contributed by atoms with van der Waals surface area (Å²) < 4.78 is 0.893. The van der Waals surface area contributed by atoms with E-state index in [-0.39, 0.29) is 0 Å². The van der Waals surface area contributed by atoms with Crippen molar-refractivity contribution in [3.8, 4) is 6.07 Å². The normalized spacial score (nSPS) is 10.0. The minimum atomic E-state index is 0.557. The summed E-state index contributed by atoms with van der Waals surface area (Å²) in [6, 6.07) is 12.8. The molecule has 0 aromatic heterocycles. The molecular formula is C14H9BrCl2N2. The molecular weight excluding hydrogens is 347 g/mol. The van der Waals surface area contributed by atoms with Gasteiger partial charge in [-0.25, -0.2) is 0 Å². The van der Waals surface area contributed by atoms with E-state index in [4.69, 9.17) is 28.5 Å². The van der Waals surface area contributed by atoms with Crippen LogP contribution in [-0.2, 0) is 6.54 Å². The molecule has 0 amide bonds. The first kappa shape index (κ1) is 14.2. The van der Waals surface area contributed by atoms with Crippen molar-refractivity contribution in [2.24, 2.45) is 0 Å². The van der Waals surface area contributed by atoms with Crippen molar-refractivity contribution in [2.45, 2.75) is 6.54 Å². The van der Waals surface area contributed by atoms with Crippen molar-refractivity contribution >= 4 is 44.8 Å². The second kappa shape index (κ2) is 6.29. The van der Waals surface area contributed by atoms with Crippen molar-refractivity contribution in [1.29, 1.82) is 5.26 Å². The Morgan fingerprint density at radius 2 is 1.95 bits per heavy atom. The van der Waals surface area contributed by atoms with Gasteiger partial charge in [-0.3, -0.25) is 0 Å². The van der Waals surface area contributed by atoms with Crippen LogP contribution in [0.5, 0.6) is 0 Å². The van der Waals surface area contributed by atoms with Crippen LogP contribution in [0.15, 0.2) is 40.9 Å². The maximum absolute atomic E-state index is 8.78. The van der Waals surface area contributed by atoms with Gasteiger partial charge in [0, 0.05) is 26.8 Å². The Bertz CT molecular complexity index is 650. The lowest BCUT2D eigenvalue weighted by atomic mass is 10.1. The van der Waals surface area contributed by atoms with Crippen molar-refractivity contribution in [3.05, 3.63) is 62.0 Å². The quantitative estimate of drug-likeness (QED) is 0.817. The maximum atomic E-state index is 8.78. The molecule has 0 bridgehead atoms. The second-order valence-corrected chi connectivity index (χ2v) is 5.59. The molecule has 0 aliphatic carbocycles. The summed E-state index contributed by atoms with van der Waals surface area (Å²) in [6.07, 6.45) is 0. The highest BCUT2D eigenvalue weighted by Gasteiger charge is 2.04. The lowest BCUT2D eigenvalue weighted by Gasteiger charge is -2.10. The van der Waals surface area contributed by atoms with Gasteiger partial charge in [-0.15, -0.1) is 0 Å². The minimum absolute atomic E-state index is 0.557. The molecule has 0 atom stereocenters. The van der Waals surface area contributed by atoms with E-state index < -0.39 is 0 Å². The van der Waals surface area contributed by atoms with Crippen LogP contribution in [0, 0.1) is 11.3 Å². The van der Waals surface area contributed by atoms with Crippen LogP contribution < -0.4 is 5.32 Å². The monoisotopic (exact) mass is 354 g/mol. The van der Waals surface area contributed by atoms with Crippen molar-refractivity contribution in [3.63, 3.8) is 0 Å². The largest absolute Gasteiger partial charge is 0.380 e. The molecule has 5 heteroatoms. The van der Waals surface area contributed by atoms with Gasteiger partial charge >= 0.3 is 0 Å². The number of halogens is 3. The van der Waals surface area contributed by atoms with E-state index in [1.165, 1.54) is 0 Å². The summed E-state index contributed by atoms with van der Waals surface area (Å²) in [5.41, 5.74) is 2.42. The summed E-state index contributed by atoms with van der Waals surface area (Å²) >= 11 is 15.4. The predicted octanol–water partition coefficient (Wildman–Crippen LogP) is 5.24. The first-order valence-corrected chi connectivity index (χ1v) is 7.02. The molecule has 2 aromatic rings. The highest BCUT2D eigenvalue weighted by atomic mass is 79.9. The molecule has 0 unspecified atom stereocenters. The van der Waals surface area contributed by atoms with Crippen LogP contribution in [0.1, 0.15) is 11.1 Å². The van der Waals surface area contributed by atoms with Crippen molar-refractivity contribution in [2.75, 3.05) is 5.32 Å². The van der Waals surface area contributed by atoms with E-state index in [1.807, 2.05) is 24.3 Å². The third kappa shape index (κ3) is 3.63. The van der Waals surface area contributed by atoms with E-state index >= 15 is 0 Å². The lowest BCUT2D eigenvalue weighted by molar-refractivity contribution is 1.14. The summed E-state index contributed by atoms with van der Waals surface area (Å²) in [4.78, 5) is 0. The van der Waals surface area contributed by atoms with E-state index in [1.54, 1.807) is 12.1 Å². The van der Waals surface area contributed by atoms with Crippen LogP contribution in [0.2, 0.25) is 10.0 Å². The molecule has 2 nitrogen and oxygen atoms in total. The standard InChI is InChI=1S/C14H9BrCl2N2/c15-12-6-11(16)3-4-14(12)19-8-10-2-1-9(7-18)5-13(10)17/h1-6,19H,8H2. The highest BCUT2D eigenvalue weighted by Crippen LogP contribution is 2.27. The molecule has 0 spiro atoms. The molecule has 0 saturated carbocycles. The summed E-state index contributed by atoms with van der Waals surface area (Å²) in [6.45, 7) is 0.574. The van der Waals surface area contributed by atoms with Crippen molar-refractivity contribution < 1.29 is 0 Å². The Hall–Kier alpha value is -1.21. The molecule has 19 heavy (non-hydrogen) atoms. The molecule has 2 rings (SSSR count). The zero-order valence-electron chi connectivity index (χ0n) is 9.75. The Morgan fingerprint density at radius 3 is 2.58 bits per heavy atom. The Kier molecular flexibility index (Phi) is 4.71. The number of benzene rings is 2. The first-order chi connectivity index (χ1) is 9.10. The fourth-order valence-electron chi connectivity index (χ4n) is 1.58. The SMILES string of the molecule is N#Cc1ccc(CNc2ccc(Cl)cc2Br)c(Cl)c1. The fraction of sp³-hybridized carbons (Fsp3) is 0.0714. The van der Waals surface area contributed by atoms with E-state index in [9.17, 15) is 0 Å². The van der Waals surface area contributed by atoms with Crippen LogP contribution in [0.3, 0.4) is 0 Å². The maximum Gasteiger partial charge on any atom is 0.0992 e. The molecule has 1 N–H and O–H groups in total. The lowest BCUT2D eigenvalue weighted by Crippen LogP contribution is -2.00. The molecule has 0 aliphatic rings. The Labute approximate surface area is 130 Å². The van der Waals surface area contributed by atoms with Crippen LogP contribution >= 0.6 is 39.1 Å². The number of nitrogens with one attached hydrogen (secondary N) is 1. The number of nitriles is 1. The zero-order chi connectivity index (χ0) is 13.8. The number of nitrogens with zero attached hydrogens (tertiary/aromatic N) is 1. The molecule has 0 fully saturated rings. The van der Waals surface area contributed by atoms with Crippen LogP contribution in [0.4, 0.5) is 5.69 Å². The number of hydrogen-bond acceptors (Lipinski definition) is 2. The molecule has 0 aliphatic heterocycles. The van der Waals surface area contributed by atoms with Gasteiger partial charge in [0.2, 0.25) is 0 Å². The fourth-order valence-corrected chi connectivity index (χ4v) is 2.65. The van der Waals surface area contributed by atoms with Gasteiger partial charge in [-0.1, -0.05) is 29.3 Å². The van der Waals surface area contributed by atoms with Gasteiger partial charge in [0.25, 0.3) is 0 Å². The molecule has 0 heterocycles. The predicted molar refractivity (Wildman–Crippen MR) is 82.6 cm³/mol. The number of hydrogen-bond donors (Lipinski definition) is 1. The average Bonchev–Trinajstić information content (AvgIpc) is 2.39. The van der Waals surface area contributed by atoms with E-state index in [2.05, 4.69) is 27.3 Å². The first-order valence-electron chi connectivity index (χ1n) is 5.47. The minimum Gasteiger partial charge on any atom is -0.380 e. The smallest absolute Gasteiger partial charge is 0.0992 e. The van der Waals surface area contributed by atoms with Gasteiger partial charge < -0.3 is 5.32 Å². The van der Waals surface area contributed by atoms with Gasteiger partial charge in [0.15, 0.2) is 0 Å². The van der Waals surface area contributed by atoms with Crippen LogP contribution in [0.25, 0.3) is 0 Å². The zero-order valence-corrected chi connectivity index (χ0v) is 12.9. The van der Waals surface area contributed by atoms with Gasteiger partial charge in [-0.05, 0) is 51.8 Å². The molecule has 0 radical (unpaired) electrons. The topological polar surface area (TPSA) is 35.8 Å². The summed E-state index contributed by atoms with van der Waals surface area (Å²) in [5.74, 6) is 0. The van der Waals surface area contributed by atoms with Crippen molar-refractivity contribution in [1.82, 2.24) is 0 Å². The Morgan fingerprint density at radius 1 is 1.16 bits per heavy atom.